The summed E-state index contributed by atoms with van der Waals surface area (Å²) in [7, 11) is 0. The second-order valence-electron chi connectivity index (χ2n) is 18.6. The van der Waals surface area contributed by atoms with Gasteiger partial charge in [-0.2, -0.15) is 0 Å². The van der Waals surface area contributed by atoms with Gasteiger partial charge in [0.15, 0.2) is 0 Å². The van der Waals surface area contributed by atoms with Crippen molar-refractivity contribution in [3.63, 3.8) is 0 Å². The van der Waals surface area contributed by atoms with Gasteiger partial charge >= 0.3 is 0 Å². The zero-order valence-corrected chi connectivity index (χ0v) is 34.1. The van der Waals surface area contributed by atoms with Crippen LogP contribution in [0.25, 0.3) is 44.2 Å². The fraction of sp³-hybridized carbons (Fsp3) is 0.250. The summed E-state index contributed by atoms with van der Waals surface area (Å²) in [6.45, 7) is 6.90. The number of anilines is 3. The van der Waals surface area contributed by atoms with Gasteiger partial charge in [0.2, 0.25) is 0 Å². The van der Waals surface area contributed by atoms with E-state index in [1.165, 1.54) is 59.9 Å². The summed E-state index contributed by atoms with van der Waals surface area (Å²) in [4.78, 5) is 2.44. The van der Waals surface area contributed by atoms with Crippen LogP contribution in [0.1, 0.15) is 74.1 Å². The first-order chi connectivity index (χ1) is 28.9. The fourth-order valence-electron chi connectivity index (χ4n) is 12.2. The molecule has 0 spiro atoms. The molecule has 5 aliphatic carbocycles. The number of rotatable bonds is 7. The van der Waals surface area contributed by atoms with Crippen LogP contribution in [0.5, 0.6) is 11.5 Å². The fourth-order valence-corrected chi connectivity index (χ4v) is 12.2. The van der Waals surface area contributed by atoms with Gasteiger partial charge in [0, 0.05) is 39.3 Å². The maximum atomic E-state index is 7.11. The smallest absolute Gasteiger partial charge is 0.136 e. The van der Waals surface area contributed by atoms with Crippen molar-refractivity contribution in [2.24, 2.45) is 23.7 Å². The lowest BCUT2D eigenvalue weighted by Gasteiger charge is -2.54. The molecular weight excluding hydrogens is 719 g/mol. The van der Waals surface area contributed by atoms with Crippen molar-refractivity contribution in [2.75, 3.05) is 4.90 Å². The molecule has 4 fully saturated rings. The third kappa shape index (κ3) is 5.61. The van der Waals surface area contributed by atoms with Crippen LogP contribution in [0.15, 0.2) is 156 Å². The van der Waals surface area contributed by atoms with Gasteiger partial charge in [0.05, 0.1) is 0 Å². The van der Waals surface area contributed by atoms with Crippen molar-refractivity contribution < 1.29 is 9.15 Å². The van der Waals surface area contributed by atoms with Crippen LogP contribution in [-0.2, 0) is 5.41 Å². The molecule has 7 aromatic carbocycles. The Hall–Kier alpha value is -6.06. The second-order valence-corrected chi connectivity index (χ2v) is 18.6. The van der Waals surface area contributed by atoms with Gasteiger partial charge in [-0.1, -0.05) is 105 Å². The Morgan fingerprint density at radius 2 is 1.17 bits per heavy atom. The molecule has 290 valence electrons. The van der Waals surface area contributed by atoms with Gasteiger partial charge in [0.1, 0.15) is 22.7 Å². The highest BCUT2D eigenvalue weighted by Gasteiger charge is 2.49. The number of hydrogen-bond donors (Lipinski definition) is 0. The maximum Gasteiger partial charge on any atom is 0.136 e. The minimum absolute atomic E-state index is 0.116. The number of aryl methyl sites for hydroxylation is 1. The Bertz CT molecular complexity index is 2900. The third-order valence-electron chi connectivity index (χ3n) is 14.8. The monoisotopic (exact) mass is 767 g/mol. The zero-order chi connectivity index (χ0) is 39.4. The molecule has 0 atom stereocenters. The molecule has 1 heterocycles. The first-order valence-electron chi connectivity index (χ1n) is 21.8. The van der Waals surface area contributed by atoms with Gasteiger partial charge < -0.3 is 14.1 Å². The predicted octanol–water partition coefficient (Wildman–Crippen LogP) is 15.7. The molecule has 13 rings (SSSR count). The number of hydrogen-bond acceptors (Lipinski definition) is 3. The molecule has 0 radical (unpaired) electrons. The molecule has 3 nitrogen and oxygen atoms in total. The van der Waals surface area contributed by atoms with E-state index in [2.05, 4.69) is 165 Å². The van der Waals surface area contributed by atoms with Crippen LogP contribution in [0, 0.1) is 30.6 Å². The SMILES string of the molecule is Cc1ccccc1Oc1cc(N(c2ccc(-c3ccc4c(c3)oc3ccccc34)cc2)c2ccc3c(c2)C(C)(C)c2ccccc2-3)ccc1C1C2CC3CC(C2)CC1C3. The number of para-hydroxylation sites is 2. The number of ether oxygens (including phenoxy) is 1. The number of furan rings is 1. The summed E-state index contributed by atoms with van der Waals surface area (Å²) in [5.74, 6) is 5.82. The second kappa shape index (κ2) is 13.2. The molecule has 4 bridgehead atoms. The van der Waals surface area contributed by atoms with Crippen LogP contribution >= 0.6 is 0 Å². The van der Waals surface area contributed by atoms with Crippen molar-refractivity contribution >= 4 is 39.0 Å². The van der Waals surface area contributed by atoms with E-state index < -0.39 is 0 Å². The Kier molecular flexibility index (Phi) is 7.83. The molecule has 5 aliphatic rings. The molecule has 0 N–H and O–H groups in total. The highest BCUT2D eigenvalue weighted by Crippen LogP contribution is 2.61. The summed E-state index contributed by atoms with van der Waals surface area (Å²) < 4.78 is 13.4. The Balaban J connectivity index is 0.993. The lowest BCUT2D eigenvalue weighted by atomic mass is 9.50. The number of nitrogens with zero attached hydrogens (tertiary/aromatic N) is 1. The van der Waals surface area contributed by atoms with Gasteiger partial charge in [-0.3, -0.25) is 0 Å². The molecular formula is C56H49NO2. The molecule has 8 aromatic rings. The van der Waals surface area contributed by atoms with Crippen LogP contribution in [0.2, 0.25) is 0 Å². The molecule has 59 heavy (non-hydrogen) atoms. The Morgan fingerprint density at radius 1 is 0.525 bits per heavy atom. The maximum absolute atomic E-state index is 7.11. The number of benzene rings is 7. The van der Waals surface area contributed by atoms with E-state index in [9.17, 15) is 0 Å². The lowest BCUT2D eigenvalue weighted by Crippen LogP contribution is -2.43. The van der Waals surface area contributed by atoms with Crippen molar-refractivity contribution in [2.45, 2.75) is 64.2 Å². The molecule has 0 unspecified atom stereocenters. The summed E-state index contributed by atoms with van der Waals surface area (Å²) in [6.07, 6.45) is 6.95. The number of fused-ring (bicyclic) bond motifs is 6. The molecule has 0 aliphatic heterocycles. The molecule has 0 amide bonds. The first kappa shape index (κ1) is 34.9. The quantitative estimate of drug-likeness (QED) is 0.161. The summed E-state index contributed by atoms with van der Waals surface area (Å²) >= 11 is 0. The minimum Gasteiger partial charge on any atom is -0.457 e. The van der Waals surface area contributed by atoms with Gasteiger partial charge in [-0.25, -0.2) is 0 Å². The van der Waals surface area contributed by atoms with E-state index in [0.29, 0.717) is 5.92 Å². The normalized spacial score (nSPS) is 22.1. The van der Waals surface area contributed by atoms with Gasteiger partial charge in [-0.15, -0.1) is 0 Å². The highest BCUT2D eigenvalue weighted by molar-refractivity contribution is 6.05. The van der Waals surface area contributed by atoms with E-state index in [0.717, 1.165) is 90.9 Å². The van der Waals surface area contributed by atoms with Crippen LogP contribution in [-0.4, -0.2) is 0 Å². The lowest BCUT2D eigenvalue weighted by molar-refractivity contribution is -0.00335. The standard InChI is InChI=1S/C56H49NO2/c1-34-10-4-8-14-51(34)58-54-33-43(22-25-48(54)55-39-27-35-26-36(29-39)30-40(55)28-35)57(42-21-24-45-44-11-5-7-13-49(44)56(2,3)50(45)32-42)41-19-16-37(17-20-41)38-18-23-47-46-12-6-9-15-52(46)59-53(47)31-38/h4-25,31-33,35-36,39-40,55H,26-30H2,1-3H3. The van der Waals surface area contributed by atoms with E-state index in [4.69, 9.17) is 9.15 Å². The van der Waals surface area contributed by atoms with Gasteiger partial charge in [-0.05, 0) is 168 Å². The van der Waals surface area contributed by atoms with E-state index in [1.807, 2.05) is 12.1 Å². The van der Waals surface area contributed by atoms with Crippen molar-refractivity contribution in [1.82, 2.24) is 0 Å². The molecule has 3 heteroatoms. The summed E-state index contributed by atoms with van der Waals surface area (Å²) in [5.41, 5.74) is 15.3. The van der Waals surface area contributed by atoms with Gasteiger partial charge in [0.25, 0.3) is 0 Å². The summed E-state index contributed by atoms with van der Waals surface area (Å²) in [6, 6.07) is 55.6. The van der Waals surface area contributed by atoms with Crippen LogP contribution in [0.4, 0.5) is 17.1 Å². The average molecular weight is 768 g/mol. The molecule has 1 aromatic heterocycles. The molecule has 0 saturated heterocycles. The van der Waals surface area contributed by atoms with Crippen LogP contribution in [0.3, 0.4) is 0 Å². The molecule has 4 saturated carbocycles. The minimum atomic E-state index is -0.116. The topological polar surface area (TPSA) is 25.6 Å². The first-order valence-corrected chi connectivity index (χ1v) is 21.8. The van der Waals surface area contributed by atoms with Crippen molar-refractivity contribution in [3.05, 3.63) is 174 Å². The van der Waals surface area contributed by atoms with Crippen LogP contribution < -0.4 is 9.64 Å². The summed E-state index contributed by atoms with van der Waals surface area (Å²) in [5, 5.41) is 2.30. The Labute approximate surface area is 347 Å². The van der Waals surface area contributed by atoms with E-state index in [-0.39, 0.29) is 5.41 Å². The third-order valence-corrected chi connectivity index (χ3v) is 14.8. The van der Waals surface area contributed by atoms with Crippen molar-refractivity contribution in [1.29, 1.82) is 0 Å². The largest absolute Gasteiger partial charge is 0.457 e. The zero-order valence-electron chi connectivity index (χ0n) is 34.1. The van der Waals surface area contributed by atoms with Crippen molar-refractivity contribution in [3.8, 4) is 33.8 Å². The Morgan fingerprint density at radius 3 is 1.98 bits per heavy atom. The highest BCUT2D eigenvalue weighted by atomic mass is 16.5. The van der Waals surface area contributed by atoms with E-state index in [1.54, 1.807) is 0 Å². The average Bonchev–Trinajstić information content (AvgIpc) is 3.73. The van der Waals surface area contributed by atoms with E-state index >= 15 is 0 Å². The predicted molar refractivity (Wildman–Crippen MR) is 242 cm³/mol.